The molecule has 1 saturated heterocycles. The number of halogens is 1. The summed E-state index contributed by atoms with van der Waals surface area (Å²) < 4.78 is 53.5. The van der Waals surface area contributed by atoms with Gasteiger partial charge in [0.05, 0.1) is 19.9 Å². The highest BCUT2D eigenvalue weighted by Crippen LogP contribution is 2.38. The van der Waals surface area contributed by atoms with Gasteiger partial charge in [0.1, 0.15) is 10.7 Å². The number of sulfonamides is 1. The Bertz CT molecular complexity index is 996. The number of rotatable bonds is 4. The highest BCUT2D eigenvalue weighted by atomic mass is 32.2. The predicted molar refractivity (Wildman–Crippen MR) is 104 cm³/mol. The number of ether oxygens (including phenoxy) is 2. The van der Waals surface area contributed by atoms with Crippen LogP contribution in [-0.2, 0) is 16.6 Å². The second kappa shape index (κ2) is 7.25. The van der Waals surface area contributed by atoms with E-state index in [0.717, 1.165) is 31.0 Å². The van der Waals surface area contributed by atoms with E-state index in [4.69, 9.17) is 9.47 Å². The Labute approximate surface area is 164 Å². The number of nitrogens with zero attached hydrogens (tertiary/aromatic N) is 2. The van der Waals surface area contributed by atoms with Crippen LogP contribution in [-0.4, -0.2) is 46.7 Å². The van der Waals surface area contributed by atoms with E-state index < -0.39 is 20.7 Å². The first kappa shape index (κ1) is 19.0. The van der Waals surface area contributed by atoms with Crippen molar-refractivity contribution in [3.8, 4) is 11.5 Å². The van der Waals surface area contributed by atoms with Gasteiger partial charge in [0, 0.05) is 31.3 Å². The van der Waals surface area contributed by atoms with Gasteiger partial charge in [-0.05, 0) is 31.0 Å². The van der Waals surface area contributed by atoms with Crippen LogP contribution in [0.4, 0.5) is 10.1 Å². The molecule has 0 saturated carbocycles. The smallest absolute Gasteiger partial charge is 0.267 e. The fourth-order valence-electron chi connectivity index (χ4n) is 4.09. The molecule has 2 heterocycles. The van der Waals surface area contributed by atoms with E-state index in [1.54, 1.807) is 6.07 Å². The summed E-state index contributed by atoms with van der Waals surface area (Å²) in [4.78, 5) is 1.89. The van der Waals surface area contributed by atoms with E-state index in [-0.39, 0.29) is 17.5 Å². The van der Waals surface area contributed by atoms with Gasteiger partial charge in [0.15, 0.2) is 11.5 Å². The molecule has 1 unspecified atom stereocenters. The van der Waals surface area contributed by atoms with Gasteiger partial charge in [-0.1, -0.05) is 18.2 Å². The number of fused-ring (bicyclic) bond motifs is 2. The maximum Gasteiger partial charge on any atom is 0.267 e. The number of para-hydroxylation sites is 1. The minimum absolute atomic E-state index is 0.116. The molecule has 150 valence electrons. The third kappa shape index (κ3) is 3.10. The van der Waals surface area contributed by atoms with E-state index in [2.05, 4.69) is 4.90 Å². The highest BCUT2D eigenvalue weighted by Gasteiger charge is 2.38. The number of benzene rings is 2. The summed E-state index contributed by atoms with van der Waals surface area (Å²) in [7, 11) is -1.36. The summed E-state index contributed by atoms with van der Waals surface area (Å²) >= 11 is 0. The molecule has 8 heteroatoms. The summed E-state index contributed by atoms with van der Waals surface area (Å²) in [6.07, 6.45) is 1.96. The van der Waals surface area contributed by atoms with Gasteiger partial charge in [-0.2, -0.15) is 0 Å². The van der Waals surface area contributed by atoms with Crippen molar-refractivity contribution in [3.05, 3.63) is 47.8 Å². The van der Waals surface area contributed by atoms with Crippen LogP contribution in [0.1, 0.15) is 18.4 Å². The maximum atomic E-state index is 14.8. The number of hydrogen-bond donors (Lipinski definition) is 0. The normalized spacial score (nSPS) is 19.7. The first-order valence-electron chi connectivity index (χ1n) is 9.22. The Morgan fingerprint density at radius 2 is 1.82 bits per heavy atom. The van der Waals surface area contributed by atoms with Crippen LogP contribution in [0.25, 0.3) is 0 Å². The van der Waals surface area contributed by atoms with Crippen LogP contribution in [0, 0.1) is 5.82 Å². The van der Waals surface area contributed by atoms with E-state index in [9.17, 15) is 12.8 Å². The van der Waals surface area contributed by atoms with Gasteiger partial charge >= 0.3 is 0 Å². The van der Waals surface area contributed by atoms with Crippen LogP contribution < -0.4 is 13.8 Å². The van der Waals surface area contributed by atoms with Gasteiger partial charge in [0.25, 0.3) is 10.0 Å². The standard InChI is InChI=1S/C20H23FN2O4S/c1-26-18-10-16(21)20(11-19(18)27-2)28(24,25)23-13-15-7-5-9-22(15)12-14-6-3-4-8-17(14)23/h3-4,6,8,10-11,15H,5,7,9,12-13H2,1-2H3. The lowest BCUT2D eigenvalue weighted by Crippen LogP contribution is -2.40. The summed E-state index contributed by atoms with van der Waals surface area (Å²) in [6, 6.07) is 9.79. The molecule has 28 heavy (non-hydrogen) atoms. The summed E-state index contributed by atoms with van der Waals surface area (Å²) in [5.41, 5.74) is 1.53. The molecule has 2 aliphatic heterocycles. The van der Waals surface area contributed by atoms with Crippen molar-refractivity contribution in [2.75, 3.05) is 31.6 Å². The van der Waals surface area contributed by atoms with Crippen LogP contribution in [0.15, 0.2) is 41.3 Å². The molecule has 0 radical (unpaired) electrons. The number of anilines is 1. The zero-order valence-electron chi connectivity index (χ0n) is 15.9. The fourth-order valence-corrected chi connectivity index (χ4v) is 5.69. The molecule has 6 nitrogen and oxygen atoms in total. The van der Waals surface area contributed by atoms with Gasteiger partial charge < -0.3 is 9.47 Å². The minimum atomic E-state index is -4.13. The Morgan fingerprint density at radius 3 is 2.57 bits per heavy atom. The molecule has 1 fully saturated rings. The van der Waals surface area contributed by atoms with E-state index in [1.165, 1.54) is 24.6 Å². The van der Waals surface area contributed by atoms with Crippen LogP contribution in [0.2, 0.25) is 0 Å². The SMILES string of the molecule is COc1cc(F)c(S(=O)(=O)N2CC3CCCN3Cc3ccccc32)cc1OC. The average molecular weight is 406 g/mol. The van der Waals surface area contributed by atoms with E-state index in [0.29, 0.717) is 18.8 Å². The molecule has 0 spiro atoms. The summed E-state index contributed by atoms with van der Waals surface area (Å²) in [5.74, 6) is -0.534. The third-order valence-electron chi connectivity index (χ3n) is 5.52. The Kier molecular flexibility index (Phi) is 4.93. The molecule has 0 amide bonds. The lowest BCUT2D eigenvalue weighted by atomic mass is 10.2. The van der Waals surface area contributed by atoms with Crippen LogP contribution >= 0.6 is 0 Å². The first-order valence-corrected chi connectivity index (χ1v) is 10.7. The molecule has 1 atom stereocenters. The minimum Gasteiger partial charge on any atom is -0.493 e. The van der Waals surface area contributed by atoms with Gasteiger partial charge in [0.2, 0.25) is 0 Å². The molecule has 0 aliphatic carbocycles. The molecule has 2 aromatic carbocycles. The van der Waals surface area contributed by atoms with Gasteiger partial charge in [-0.25, -0.2) is 12.8 Å². The van der Waals surface area contributed by atoms with Crippen molar-refractivity contribution in [1.82, 2.24) is 4.90 Å². The quantitative estimate of drug-likeness (QED) is 0.781. The van der Waals surface area contributed by atoms with Crippen molar-refractivity contribution in [3.63, 3.8) is 0 Å². The second-order valence-corrected chi connectivity index (χ2v) is 8.90. The summed E-state index contributed by atoms with van der Waals surface area (Å²) in [5, 5.41) is 0. The Morgan fingerprint density at radius 1 is 1.11 bits per heavy atom. The van der Waals surface area contributed by atoms with Crippen molar-refractivity contribution >= 4 is 15.7 Å². The fraction of sp³-hybridized carbons (Fsp3) is 0.400. The zero-order valence-corrected chi connectivity index (χ0v) is 16.7. The Balaban J connectivity index is 1.85. The van der Waals surface area contributed by atoms with Crippen molar-refractivity contribution in [2.45, 2.75) is 30.3 Å². The Hall–Kier alpha value is -2.32. The van der Waals surface area contributed by atoms with E-state index in [1.807, 2.05) is 18.2 Å². The van der Waals surface area contributed by atoms with Crippen LogP contribution in [0.5, 0.6) is 11.5 Å². The second-order valence-electron chi connectivity index (χ2n) is 7.07. The number of methoxy groups -OCH3 is 2. The molecular formula is C20H23FN2O4S. The molecular weight excluding hydrogens is 383 g/mol. The molecule has 2 aliphatic rings. The lowest BCUT2D eigenvalue weighted by Gasteiger charge is -2.28. The number of hydrogen-bond acceptors (Lipinski definition) is 5. The highest BCUT2D eigenvalue weighted by molar-refractivity contribution is 7.92. The monoisotopic (exact) mass is 406 g/mol. The van der Waals surface area contributed by atoms with E-state index >= 15 is 0 Å². The topological polar surface area (TPSA) is 59.1 Å². The van der Waals surface area contributed by atoms with Crippen molar-refractivity contribution in [1.29, 1.82) is 0 Å². The van der Waals surface area contributed by atoms with Crippen LogP contribution in [0.3, 0.4) is 0 Å². The zero-order chi connectivity index (χ0) is 19.9. The lowest BCUT2D eigenvalue weighted by molar-refractivity contribution is 0.257. The summed E-state index contributed by atoms with van der Waals surface area (Å²) in [6.45, 7) is 1.94. The molecule has 4 rings (SSSR count). The largest absolute Gasteiger partial charge is 0.493 e. The van der Waals surface area contributed by atoms with Crippen molar-refractivity contribution in [2.24, 2.45) is 0 Å². The molecule has 2 aromatic rings. The van der Waals surface area contributed by atoms with Gasteiger partial charge in [-0.3, -0.25) is 9.21 Å². The average Bonchev–Trinajstić information content (AvgIpc) is 3.06. The predicted octanol–water partition coefficient (Wildman–Crippen LogP) is 3.02. The third-order valence-corrected chi connectivity index (χ3v) is 7.31. The first-order chi connectivity index (χ1) is 13.5. The molecule has 0 N–H and O–H groups in total. The van der Waals surface area contributed by atoms with Gasteiger partial charge in [-0.15, -0.1) is 0 Å². The maximum absolute atomic E-state index is 14.8. The molecule has 0 aromatic heterocycles. The molecule has 0 bridgehead atoms. The van der Waals surface area contributed by atoms with Crippen molar-refractivity contribution < 1.29 is 22.3 Å².